The van der Waals surface area contributed by atoms with E-state index in [4.69, 9.17) is 0 Å². The smallest absolute Gasteiger partial charge is 0.366 e. The summed E-state index contributed by atoms with van der Waals surface area (Å²) in [6, 6.07) is 5.93. The Kier molecular flexibility index (Phi) is 10.2. The van der Waals surface area contributed by atoms with Crippen molar-refractivity contribution in [2.24, 2.45) is 5.92 Å². The van der Waals surface area contributed by atoms with Crippen LogP contribution in [-0.4, -0.2) is 83.8 Å². The second-order valence-electron chi connectivity index (χ2n) is 10.9. The van der Waals surface area contributed by atoms with Crippen LogP contribution < -0.4 is 16.0 Å². The highest BCUT2D eigenvalue weighted by atomic mass is 19.4. The molecule has 1 saturated heterocycles. The highest BCUT2D eigenvalue weighted by Crippen LogP contribution is 2.36. The first-order chi connectivity index (χ1) is 19.9. The van der Waals surface area contributed by atoms with Crippen molar-refractivity contribution >= 4 is 29.3 Å². The first-order valence-corrected chi connectivity index (χ1v) is 14.0. The van der Waals surface area contributed by atoms with E-state index in [2.05, 4.69) is 30.8 Å². The van der Waals surface area contributed by atoms with Gasteiger partial charge in [0, 0.05) is 25.3 Å². The van der Waals surface area contributed by atoms with Crippen LogP contribution in [-0.2, 0) is 11.0 Å². The summed E-state index contributed by atoms with van der Waals surface area (Å²) in [6.07, 6.45) is -3.26. The Balaban J connectivity index is 1.57. The molecule has 4 rings (SSSR count). The molecule has 2 amide bonds. The van der Waals surface area contributed by atoms with Gasteiger partial charge in [0.05, 0.1) is 23.7 Å². The highest BCUT2D eigenvalue weighted by molar-refractivity contribution is 6.00. The third-order valence-electron chi connectivity index (χ3n) is 7.91. The van der Waals surface area contributed by atoms with Crippen molar-refractivity contribution in [1.29, 1.82) is 0 Å². The maximum absolute atomic E-state index is 13.9. The number of halogens is 5. The molecule has 14 heteroatoms. The molecular weight excluding hydrogens is 561 g/mol. The largest absolute Gasteiger partial charge is 0.421 e. The van der Waals surface area contributed by atoms with E-state index >= 15 is 0 Å². The van der Waals surface area contributed by atoms with Crippen LogP contribution in [0.4, 0.5) is 39.4 Å². The molecule has 1 aromatic heterocycles. The average Bonchev–Trinajstić information content (AvgIpc) is 2.95. The number of nitrogens with zero attached hydrogens (tertiary/aromatic N) is 4. The average molecular weight is 598 g/mol. The number of para-hydroxylation sites is 1. The first kappa shape index (κ1) is 31.4. The van der Waals surface area contributed by atoms with Crippen LogP contribution in [0.2, 0.25) is 0 Å². The molecule has 9 nitrogen and oxygen atoms in total. The zero-order chi connectivity index (χ0) is 30.4. The van der Waals surface area contributed by atoms with Crippen molar-refractivity contribution in [3.8, 4) is 0 Å². The number of carbonyl (C=O) groups is 2. The van der Waals surface area contributed by atoms with Crippen molar-refractivity contribution in [3.05, 3.63) is 41.6 Å². The highest BCUT2D eigenvalue weighted by Gasteiger charge is 2.38. The van der Waals surface area contributed by atoms with E-state index in [1.54, 1.807) is 36.2 Å². The number of carbonyl (C=O) groups excluding carboxylic acids is 2. The normalized spacial score (nSPS) is 20.3. The van der Waals surface area contributed by atoms with Crippen molar-refractivity contribution in [3.63, 3.8) is 0 Å². The fourth-order valence-electron chi connectivity index (χ4n) is 5.50. The number of anilines is 3. The molecule has 0 unspecified atom stereocenters. The summed E-state index contributed by atoms with van der Waals surface area (Å²) in [5.74, 6) is -2.40. The summed E-state index contributed by atoms with van der Waals surface area (Å²) >= 11 is 0. The maximum Gasteiger partial charge on any atom is 0.421 e. The van der Waals surface area contributed by atoms with Gasteiger partial charge >= 0.3 is 6.18 Å². The molecule has 42 heavy (non-hydrogen) atoms. The summed E-state index contributed by atoms with van der Waals surface area (Å²) in [5, 5.41) is 7.83. The molecule has 2 aliphatic rings. The minimum absolute atomic E-state index is 0.0567. The van der Waals surface area contributed by atoms with Crippen molar-refractivity contribution < 1.29 is 31.5 Å². The molecule has 1 aromatic carbocycles. The molecule has 1 aliphatic carbocycles. The summed E-state index contributed by atoms with van der Waals surface area (Å²) < 4.78 is 67.1. The van der Waals surface area contributed by atoms with Crippen molar-refractivity contribution in [2.75, 3.05) is 44.4 Å². The number of rotatable bonds is 9. The summed E-state index contributed by atoms with van der Waals surface area (Å²) in [7, 11) is 3.77. The molecule has 1 saturated carbocycles. The third-order valence-corrected chi connectivity index (χ3v) is 7.91. The SMILES string of the molecule is CN1CCC(N(C)C(=O)c2ccccc2Nc2ncc(C(F)(F)F)c(N[C@@H]3CCCC[C@@H]3C(=O)NCC(F)F)n2)CC1. The topological polar surface area (TPSA) is 102 Å². The van der Waals surface area contributed by atoms with Gasteiger partial charge in [-0.2, -0.15) is 18.2 Å². The molecule has 2 fully saturated rings. The fraction of sp³-hybridized carbons (Fsp3) is 0.571. The molecule has 2 aromatic rings. The van der Waals surface area contributed by atoms with Crippen LogP contribution in [0.15, 0.2) is 30.5 Å². The minimum Gasteiger partial charge on any atom is -0.366 e. The van der Waals surface area contributed by atoms with Gasteiger partial charge in [-0.05, 0) is 58.0 Å². The number of aromatic nitrogens is 2. The van der Waals surface area contributed by atoms with Crippen LogP contribution in [0.1, 0.15) is 54.4 Å². The van der Waals surface area contributed by atoms with E-state index in [0.717, 1.165) is 25.9 Å². The van der Waals surface area contributed by atoms with Gasteiger partial charge in [0.1, 0.15) is 11.4 Å². The van der Waals surface area contributed by atoms with Crippen LogP contribution >= 0.6 is 0 Å². The number of hydrogen-bond donors (Lipinski definition) is 3. The van der Waals surface area contributed by atoms with Crippen LogP contribution in [0.25, 0.3) is 0 Å². The Morgan fingerprint density at radius 1 is 1.10 bits per heavy atom. The summed E-state index contributed by atoms with van der Waals surface area (Å²) in [4.78, 5) is 37.9. The van der Waals surface area contributed by atoms with E-state index in [1.165, 1.54) is 0 Å². The van der Waals surface area contributed by atoms with Crippen LogP contribution in [0.5, 0.6) is 0 Å². The van der Waals surface area contributed by atoms with Crippen LogP contribution in [0, 0.1) is 5.92 Å². The number of amides is 2. The van der Waals surface area contributed by atoms with E-state index in [0.29, 0.717) is 43.1 Å². The lowest BCUT2D eigenvalue weighted by Gasteiger charge is -2.35. The lowest BCUT2D eigenvalue weighted by molar-refractivity contribution is -0.137. The Morgan fingerprint density at radius 3 is 2.48 bits per heavy atom. The van der Waals surface area contributed by atoms with Crippen molar-refractivity contribution in [1.82, 2.24) is 25.1 Å². The van der Waals surface area contributed by atoms with Crippen molar-refractivity contribution in [2.45, 2.75) is 63.2 Å². The number of likely N-dealkylation sites (tertiary alicyclic amines) is 1. The lowest BCUT2D eigenvalue weighted by atomic mass is 9.83. The zero-order valence-corrected chi connectivity index (χ0v) is 23.6. The summed E-state index contributed by atoms with van der Waals surface area (Å²) in [5.41, 5.74) is -0.480. The minimum atomic E-state index is -4.80. The van der Waals surface area contributed by atoms with E-state index in [-0.39, 0.29) is 17.9 Å². The molecule has 230 valence electrons. The second-order valence-corrected chi connectivity index (χ2v) is 10.9. The van der Waals surface area contributed by atoms with Gasteiger partial charge in [0.2, 0.25) is 11.9 Å². The van der Waals surface area contributed by atoms with Gasteiger partial charge in [0.25, 0.3) is 12.3 Å². The van der Waals surface area contributed by atoms with Gasteiger partial charge in [-0.15, -0.1) is 0 Å². The Morgan fingerprint density at radius 2 is 1.79 bits per heavy atom. The Hall–Kier alpha value is -3.55. The summed E-state index contributed by atoms with van der Waals surface area (Å²) in [6.45, 7) is 0.905. The molecule has 2 atom stereocenters. The number of benzene rings is 1. The first-order valence-electron chi connectivity index (χ1n) is 14.0. The van der Waals surface area contributed by atoms with E-state index in [9.17, 15) is 31.5 Å². The predicted octanol–water partition coefficient (Wildman–Crippen LogP) is 4.76. The van der Waals surface area contributed by atoms with Gasteiger partial charge < -0.3 is 25.8 Å². The molecule has 0 radical (unpaired) electrons. The molecule has 3 N–H and O–H groups in total. The fourth-order valence-corrected chi connectivity index (χ4v) is 5.50. The number of piperidine rings is 1. The standard InChI is InChI=1S/C28H36F5N7O2/c1-39-13-11-17(12-14-39)40(2)26(42)19-8-4-6-10-22(19)37-27-35-15-20(28(31,32)33)24(38-27)36-21-9-5-3-7-18(21)25(41)34-16-23(29)30/h4,6,8,10,15,17-18,21,23H,3,5,7,9,11-14,16H2,1-2H3,(H,34,41)(H2,35,36,37,38)/t18-,21+/m0/s1. The molecule has 1 aliphatic heterocycles. The van der Waals surface area contributed by atoms with E-state index in [1.807, 2.05) is 7.05 Å². The molecule has 2 heterocycles. The van der Waals surface area contributed by atoms with Gasteiger partial charge in [0.15, 0.2) is 0 Å². The van der Waals surface area contributed by atoms with Gasteiger partial charge in [-0.1, -0.05) is 25.0 Å². The van der Waals surface area contributed by atoms with Gasteiger partial charge in [-0.25, -0.2) is 13.8 Å². The zero-order valence-electron chi connectivity index (χ0n) is 23.6. The molecule has 0 spiro atoms. The Labute approximate surface area is 241 Å². The quantitative estimate of drug-likeness (QED) is 0.359. The van der Waals surface area contributed by atoms with Gasteiger partial charge in [-0.3, -0.25) is 9.59 Å². The van der Waals surface area contributed by atoms with E-state index < -0.39 is 48.4 Å². The maximum atomic E-state index is 13.9. The molecular formula is C28H36F5N7O2. The van der Waals surface area contributed by atoms with Crippen LogP contribution in [0.3, 0.4) is 0 Å². The Bertz CT molecular complexity index is 1240. The predicted molar refractivity (Wildman–Crippen MR) is 148 cm³/mol. The third kappa shape index (κ3) is 7.84. The molecule has 0 bridgehead atoms. The monoisotopic (exact) mass is 597 g/mol. The lowest BCUT2D eigenvalue weighted by Crippen LogP contribution is -2.44. The number of nitrogens with one attached hydrogen (secondary N) is 3. The number of alkyl halides is 5. The number of hydrogen-bond acceptors (Lipinski definition) is 7. The second kappa shape index (κ2) is 13.6.